The van der Waals surface area contributed by atoms with Gasteiger partial charge in [-0.25, -0.2) is 0 Å². The standard InChI is InChI=1S/C17H26N2O/c1-3-19(13-16-8-5-11-18-16)17(20)10-9-15-7-4-6-14(2)12-15/h4,6-7,12,16,18H,3,5,8-11,13H2,1-2H3. The summed E-state index contributed by atoms with van der Waals surface area (Å²) >= 11 is 0. The Labute approximate surface area is 122 Å². The highest BCUT2D eigenvalue weighted by molar-refractivity contribution is 5.76. The van der Waals surface area contributed by atoms with E-state index in [-0.39, 0.29) is 5.91 Å². The Balaban J connectivity index is 1.82. The van der Waals surface area contributed by atoms with Crippen LogP contribution in [0, 0.1) is 6.92 Å². The topological polar surface area (TPSA) is 32.3 Å². The number of nitrogens with one attached hydrogen (secondary N) is 1. The van der Waals surface area contributed by atoms with E-state index in [0.717, 1.165) is 26.1 Å². The Morgan fingerprint density at radius 1 is 1.45 bits per heavy atom. The van der Waals surface area contributed by atoms with Crippen LogP contribution in [0.25, 0.3) is 0 Å². The Hall–Kier alpha value is -1.35. The molecule has 0 aliphatic carbocycles. The molecule has 1 heterocycles. The lowest BCUT2D eigenvalue weighted by Crippen LogP contribution is -2.41. The maximum absolute atomic E-state index is 12.3. The van der Waals surface area contributed by atoms with Crippen molar-refractivity contribution in [1.29, 1.82) is 0 Å². The van der Waals surface area contributed by atoms with Gasteiger partial charge in [-0.3, -0.25) is 4.79 Å². The summed E-state index contributed by atoms with van der Waals surface area (Å²) < 4.78 is 0. The molecule has 0 saturated carbocycles. The van der Waals surface area contributed by atoms with Gasteiger partial charge in [0.1, 0.15) is 0 Å². The minimum atomic E-state index is 0.280. The summed E-state index contributed by atoms with van der Waals surface area (Å²) in [4.78, 5) is 14.3. The molecule has 1 unspecified atom stereocenters. The second-order valence-electron chi connectivity index (χ2n) is 5.71. The fraction of sp³-hybridized carbons (Fsp3) is 0.588. The smallest absolute Gasteiger partial charge is 0.222 e. The number of nitrogens with zero attached hydrogens (tertiary/aromatic N) is 1. The van der Waals surface area contributed by atoms with Gasteiger partial charge >= 0.3 is 0 Å². The van der Waals surface area contributed by atoms with Crippen LogP contribution in [0.3, 0.4) is 0 Å². The minimum absolute atomic E-state index is 0.280. The van der Waals surface area contributed by atoms with E-state index in [1.807, 2.05) is 4.90 Å². The van der Waals surface area contributed by atoms with Crippen molar-refractivity contribution in [2.75, 3.05) is 19.6 Å². The van der Waals surface area contributed by atoms with Crippen LogP contribution >= 0.6 is 0 Å². The third-order valence-corrected chi connectivity index (χ3v) is 4.05. The number of amides is 1. The van der Waals surface area contributed by atoms with E-state index in [0.29, 0.717) is 12.5 Å². The minimum Gasteiger partial charge on any atom is -0.341 e. The highest BCUT2D eigenvalue weighted by atomic mass is 16.2. The third-order valence-electron chi connectivity index (χ3n) is 4.05. The summed E-state index contributed by atoms with van der Waals surface area (Å²) in [5.41, 5.74) is 2.52. The van der Waals surface area contributed by atoms with E-state index in [2.05, 4.69) is 43.4 Å². The van der Waals surface area contributed by atoms with Crippen molar-refractivity contribution in [3.63, 3.8) is 0 Å². The van der Waals surface area contributed by atoms with Gasteiger partial charge in [0.15, 0.2) is 0 Å². The number of carbonyl (C=O) groups is 1. The van der Waals surface area contributed by atoms with Crippen LogP contribution in [-0.2, 0) is 11.2 Å². The highest BCUT2D eigenvalue weighted by Crippen LogP contribution is 2.10. The second-order valence-corrected chi connectivity index (χ2v) is 5.71. The number of aryl methyl sites for hydroxylation is 2. The van der Waals surface area contributed by atoms with Crippen molar-refractivity contribution in [1.82, 2.24) is 10.2 Å². The molecule has 0 radical (unpaired) electrons. The summed E-state index contributed by atoms with van der Waals surface area (Å²) in [6.07, 6.45) is 3.89. The largest absolute Gasteiger partial charge is 0.341 e. The van der Waals surface area contributed by atoms with Gasteiger partial charge in [-0.15, -0.1) is 0 Å². The number of benzene rings is 1. The number of rotatable bonds is 6. The van der Waals surface area contributed by atoms with Crippen molar-refractivity contribution < 1.29 is 4.79 Å². The highest BCUT2D eigenvalue weighted by Gasteiger charge is 2.20. The predicted octanol–water partition coefficient (Wildman–Crippen LogP) is 2.53. The molecule has 1 amide bonds. The molecule has 1 saturated heterocycles. The molecule has 110 valence electrons. The zero-order valence-corrected chi connectivity index (χ0v) is 12.7. The molecule has 1 aliphatic rings. The van der Waals surface area contributed by atoms with E-state index in [9.17, 15) is 4.79 Å². The van der Waals surface area contributed by atoms with Gasteiger partial charge < -0.3 is 10.2 Å². The van der Waals surface area contributed by atoms with Crippen LogP contribution in [0.15, 0.2) is 24.3 Å². The molecule has 1 aliphatic heterocycles. The summed E-state index contributed by atoms with van der Waals surface area (Å²) in [6.45, 7) is 6.93. The molecule has 1 aromatic rings. The molecule has 1 fully saturated rings. The first-order chi connectivity index (χ1) is 9.69. The van der Waals surface area contributed by atoms with Gasteiger partial charge in [0.2, 0.25) is 5.91 Å². The number of carbonyl (C=O) groups excluding carboxylic acids is 1. The molecule has 2 rings (SSSR count). The molecule has 3 heteroatoms. The van der Waals surface area contributed by atoms with Gasteiger partial charge in [-0.05, 0) is 45.2 Å². The summed E-state index contributed by atoms with van der Waals surface area (Å²) in [5, 5.41) is 3.46. The third kappa shape index (κ3) is 4.34. The van der Waals surface area contributed by atoms with Gasteiger partial charge in [0.25, 0.3) is 0 Å². The average molecular weight is 274 g/mol. The molecule has 1 aromatic carbocycles. The van der Waals surface area contributed by atoms with Crippen molar-refractivity contribution >= 4 is 5.91 Å². The summed E-state index contributed by atoms with van der Waals surface area (Å²) in [7, 11) is 0. The maximum atomic E-state index is 12.3. The molecular weight excluding hydrogens is 248 g/mol. The van der Waals surface area contributed by atoms with Crippen LogP contribution in [-0.4, -0.2) is 36.5 Å². The maximum Gasteiger partial charge on any atom is 0.222 e. The van der Waals surface area contributed by atoms with Crippen molar-refractivity contribution in [3.05, 3.63) is 35.4 Å². The van der Waals surface area contributed by atoms with Crippen LogP contribution in [0.1, 0.15) is 37.3 Å². The number of hydrogen-bond donors (Lipinski definition) is 1. The van der Waals surface area contributed by atoms with Gasteiger partial charge in [-0.1, -0.05) is 29.8 Å². The lowest BCUT2D eigenvalue weighted by Gasteiger charge is -2.24. The lowest BCUT2D eigenvalue weighted by molar-refractivity contribution is -0.131. The SMILES string of the molecule is CCN(CC1CCCN1)C(=O)CCc1cccc(C)c1. The summed E-state index contributed by atoms with van der Waals surface area (Å²) in [6, 6.07) is 8.93. The molecule has 0 aromatic heterocycles. The van der Waals surface area contributed by atoms with Gasteiger partial charge in [0, 0.05) is 25.6 Å². The Kier molecular flexibility index (Phi) is 5.60. The van der Waals surface area contributed by atoms with Crippen molar-refractivity contribution in [2.24, 2.45) is 0 Å². The first-order valence-electron chi connectivity index (χ1n) is 7.75. The summed E-state index contributed by atoms with van der Waals surface area (Å²) in [5.74, 6) is 0.280. The normalized spacial score (nSPS) is 18.2. The Morgan fingerprint density at radius 3 is 2.95 bits per heavy atom. The molecule has 0 spiro atoms. The van der Waals surface area contributed by atoms with E-state index in [1.54, 1.807) is 0 Å². The van der Waals surface area contributed by atoms with E-state index >= 15 is 0 Å². The molecule has 1 N–H and O–H groups in total. The fourth-order valence-electron chi connectivity index (χ4n) is 2.86. The number of hydrogen-bond acceptors (Lipinski definition) is 2. The number of likely N-dealkylation sites (N-methyl/N-ethyl adjacent to an activating group) is 1. The van der Waals surface area contributed by atoms with Crippen LogP contribution < -0.4 is 5.32 Å². The van der Waals surface area contributed by atoms with E-state index < -0.39 is 0 Å². The molecule has 0 bridgehead atoms. The monoisotopic (exact) mass is 274 g/mol. The Morgan fingerprint density at radius 2 is 2.30 bits per heavy atom. The van der Waals surface area contributed by atoms with Crippen LogP contribution in [0.4, 0.5) is 0 Å². The quantitative estimate of drug-likeness (QED) is 0.864. The van der Waals surface area contributed by atoms with Gasteiger partial charge in [0.05, 0.1) is 0 Å². The van der Waals surface area contributed by atoms with Gasteiger partial charge in [-0.2, -0.15) is 0 Å². The van der Waals surface area contributed by atoms with Crippen molar-refractivity contribution in [2.45, 2.75) is 45.6 Å². The Bertz CT molecular complexity index is 438. The van der Waals surface area contributed by atoms with Crippen LogP contribution in [0.5, 0.6) is 0 Å². The molecule has 1 atom stereocenters. The lowest BCUT2D eigenvalue weighted by atomic mass is 10.1. The molecule has 20 heavy (non-hydrogen) atoms. The second kappa shape index (κ2) is 7.44. The van der Waals surface area contributed by atoms with E-state index in [4.69, 9.17) is 0 Å². The van der Waals surface area contributed by atoms with E-state index in [1.165, 1.54) is 24.0 Å². The predicted molar refractivity (Wildman–Crippen MR) is 82.8 cm³/mol. The molecule has 3 nitrogen and oxygen atoms in total. The van der Waals surface area contributed by atoms with Crippen LogP contribution in [0.2, 0.25) is 0 Å². The fourth-order valence-corrected chi connectivity index (χ4v) is 2.86. The average Bonchev–Trinajstić information content (AvgIpc) is 2.95. The zero-order chi connectivity index (χ0) is 14.4. The first-order valence-corrected chi connectivity index (χ1v) is 7.75. The first kappa shape index (κ1) is 15.0. The van der Waals surface area contributed by atoms with Crippen molar-refractivity contribution in [3.8, 4) is 0 Å². The molecular formula is C17H26N2O. The zero-order valence-electron chi connectivity index (χ0n) is 12.7.